The molecule has 19 heavy (non-hydrogen) atoms. The van der Waals surface area contributed by atoms with E-state index in [9.17, 15) is 4.79 Å². The molecule has 1 aliphatic rings. The van der Waals surface area contributed by atoms with Gasteiger partial charge in [0.15, 0.2) is 5.65 Å². The van der Waals surface area contributed by atoms with Gasteiger partial charge in [0, 0.05) is 6.07 Å². The van der Waals surface area contributed by atoms with Crippen LogP contribution in [0.15, 0.2) is 16.9 Å². The first-order valence-electron chi connectivity index (χ1n) is 6.61. The lowest BCUT2D eigenvalue weighted by atomic mass is 9.97. The topological polar surface area (TPSA) is 84.3 Å². The Morgan fingerprint density at radius 1 is 1.47 bits per heavy atom. The van der Waals surface area contributed by atoms with Crippen molar-refractivity contribution in [3.8, 4) is 5.88 Å². The zero-order chi connectivity index (χ0) is 13.1. The van der Waals surface area contributed by atoms with Gasteiger partial charge in [0.1, 0.15) is 0 Å². The van der Waals surface area contributed by atoms with E-state index in [4.69, 9.17) is 4.74 Å². The summed E-state index contributed by atoms with van der Waals surface area (Å²) in [6, 6.07) is 3.44. The Balaban J connectivity index is 1.58. The fourth-order valence-corrected chi connectivity index (χ4v) is 2.36. The van der Waals surface area contributed by atoms with Crippen LogP contribution in [0.25, 0.3) is 5.65 Å². The second-order valence-electron chi connectivity index (χ2n) is 4.82. The van der Waals surface area contributed by atoms with Crippen LogP contribution >= 0.6 is 0 Å². The van der Waals surface area contributed by atoms with Gasteiger partial charge < -0.3 is 10.1 Å². The van der Waals surface area contributed by atoms with E-state index in [1.165, 1.54) is 17.4 Å². The minimum Gasteiger partial charge on any atom is -0.477 e. The van der Waals surface area contributed by atoms with Gasteiger partial charge in [-0.15, -0.1) is 5.10 Å². The standard InChI is InChI=1S/C12H17N5O2/c18-12-15-14-10-3-4-11(16-17(10)12)19-7-5-9-2-1-6-13-8-9/h3-4,9,13H,1-2,5-8H2,(H,15,18). The molecule has 2 aromatic heterocycles. The minimum atomic E-state index is -0.350. The third-order valence-corrected chi connectivity index (χ3v) is 3.42. The molecule has 1 unspecified atom stereocenters. The highest BCUT2D eigenvalue weighted by molar-refractivity contribution is 5.35. The number of nitrogens with one attached hydrogen (secondary N) is 2. The van der Waals surface area contributed by atoms with Gasteiger partial charge in [0.05, 0.1) is 6.61 Å². The average Bonchev–Trinajstić information content (AvgIpc) is 2.82. The number of aromatic amines is 1. The number of nitrogens with zero attached hydrogens (tertiary/aromatic N) is 3. The third kappa shape index (κ3) is 2.76. The number of ether oxygens (including phenoxy) is 1. The quantitative estimate of drug-likeness (QED) is 0.822. The van der Waals surface area contributed by atoms with Crippen LogP contribution in [0.3, 0.4) is 0 Å². The molecule has 1 fully saturated rings. The molecule has 102 valence electrons. The number of aromatic nitrogens is 4. The summed E-state index contributed by atoms with van der Waals surface area (Å²) in [5.41, 5.74) is 0.144. The smallest absolute Gasteiger partial charge is 0.364 e. The van der Waals surface area contributed by atoms with Gasteiger partial charge in [0.25, 0.3) is 0 Å². The van der Waals surface area contributed by atoms with Crippen molar-refractivity contribution in [2.45, 2.75) is 19.3 Å². The predicted molar refractivity (Wildman–Crippen MR) is 69.3 cm³/mol. The highest BCUT2D eigenvalue weighted by Gasteiger charge is 2.13. The third-order valence-electron chi connectivity index (χ3n) is 3.42. The summed E-state index contributed by atoms with van der Waals surface area (Å²) in [7, 11) is 0. The van der Waals surface area contributed by atoms with Crippen molar-refractivity contribution >= 4 is 5.65 Å². The van der Waals surface area contributed by atoms with Crippen LogP contribution in [0.1, 0.15) is 19.3 Å². The Labute approximate surface area is 110 Å². The summed E-state index contributed by atoms with van der Waals surface area (Å²) in [4.78, 5) is 11.4. The summed E-state index contributed by atoms with van der Waals surface area (Å²) < 4.78 is 6.81. The fraction of sp³-hybridized carbons (Fsp3) is 0.583. The zero-order valence-corrected chi connectivity index (χ0v) is 10.6. The summed E-state index contributed by atoms with van der Waals surface area (Å²) in [5.74, 6) is 1.13. The van der Waals surface area contributed by atoms with Crippen LogP contribution in [0.4, 0.5) is 0 Å². The molecule has 2 N–H and O–H groups in total. The Morgan fingerprint density at radius 3 is 3.26 bits per heavy atom. The molecule has 3 rings (SSSR count). The van der Waals surface area contributed by atoms with Gasteiger partial charge in [-0.3, -0.25) is 0 Å². The number of fused-ring (bicyclic) bond motifs is 1. The molecule has 1 atom stereocenters. The Kier molecular flexibility index (Phi) is 3.45. The Morgan fingerprint density at radius 2 is 2.42 bits per heavy atom. The van der Waals surface area contributed by atoms with Crippen LogP contribution < -0.4 is 15.7 Å². The average molecular weight is 263 g/mol. The van der Waals surface area contributed by atoms with E-state index in [1.54, 1.807) is 12.1 Å². The first-order valence-corrected chi connectivity index (χ1v) is 6.61. The maximum absolute atomic E-state index is 11.4. The fourth-order valence-electron chi connectivity index (χ4n) is 2.36. The molecule has 2 aromatic rings. The van der Waals surface area contributed by atoms with Crippen LogP contribution in [-0.2, 0) is 0 Å². The highest BCUT2D eigenvalue weighted by atomic mass is 16.5. The normalized spacial score (nSPS) is 19.7. The second kappa shape index (κ2) is 5.40. The van der Waals surface area contributed by atoms with Crippen LogP contribution in [-0.4, -0.2) is 39.5 Å². The summed E-state index contributed by atoms with van der Waals surface area (Å²) in [6.45, 7) is 2.81. The Bertz CT molecular complexity index is 599. The van der Waals surface area contributed by atoms with Gasteiger partial charge in [-0.25, -0.2) is 9.89 Å². The monoisotopic (exact) mass is 263 g/mol. The Hall–Kier alpha value is -1.89. The lowest BCUT2D eigenvalue weighted by Crippen LogP contribution is -2.30. The maximum atomic E-state index is 11.4. The van der Waals surface area contributed by atoms with Crippen LogP contribution in [0.2, 0.25) is 0 Å². The predicted octanol–water partition coefficient (Wildman–Crippen LogP) is 0.186. The molecule has 3 heterocycles. The zero-order valence-electron chi connectivity index (χ0n) is 10.6. The first-order chi connectivity index (χ1) is 9.33. The summed E-state index contributed by atoms with van der Waals surface area (Å²) >= 11 is 0. The van der Waals surface area contributed by atoms with E-state index in [0.29, 0.717) is 24.1 Å². The maximum Gasteiger partial charge on any atom is 0.364 e. The van der Waals surface area contributed by atoms with Gasteiger partial charge in [-0.05, 0) is 44.3 Å². The highest BCUT2D eigenvalue weighted by Crippen LogP contribution is 2.14. The van der Waals surface area contributed by atoms with Crippen molar-refractivity contribution in [2.24, 2.45) is 5.92 Å². The van der Waals surface area contributed by atoms with E-state index in [1.807, 2.05) is 0 Å². The van der Waals surface area contributed by atoms with Crippen LogP contribution in [0.5, 0.6) is 5.88 Å². The summed E-state index contributed by atoms with van der Waals surface area (Å²) in [6.07, 6.45) is 3.50. The summed E-state index contributed by atoms with van der Waals surface area (Å²) in [5, 5.41) is 13.6. The number of H-pyrrole nitrogens is 1. The van der Waals surface area contributed by atoms with E-state index in [2.05, 4.69) is 20.6 Å². The largest absolute Gasteiger partial charge is 0.477 e. The molecule has 0 radical (unpaired) electrons. The van der Waals surface area contributed by atoms with Crippen molar-refractivity contribution < 1.29 is 4.74 Å². The number of hydrogen-bond acceptors (Lipinski definition) is 5. The van der Waals surface area contributed by atoms with Crippen molar-refractivity contribution in [2.75, 3.05) is 19.7 Å². The van der Waals surface area contributed by atoms with Crippen molar-refractivity contribution in [1.82, 2.24) is 25.1 Å². The van der Waals surface area contributed by atoms with Gasteiger partial charge in [-0.2, -0.15) is 9.61 Å². The molecular formula is C12H17N5O2. The molecule has 7 nitrogen and oxygen atoms in total. The second-order valence-corrected chi connectivity index (χ2v) is 4.82. The molecule has 0 spiro atoms. The molecule has 1 aliphatic heterocycles. The van der Waals surface area contributed by atoms with E-state index in [0.717, 1.165) is 19.5 Å². The molecule has 0 saturated carbocycles. The number of piperidine rings is 1. The van der Waals surface area contributed by atoms with Crippen molar-refractivity contribution in [3.05, 3.63) is 22.6 Å². The molecule has 0 amide bonds. The number of hydrogen-bond donors (Lipinski definition) is 2. The molecule has 1 saturated heterocycles. The minimum absolute atomic E-state index is 0.350. The molecule has 7 heteroatoms. The molecule has 0 aromatic carbocycles. The van der Waals surface area contributed by atoms with E-state index in [-0.39, 0.29) is 5.69 Å². The lowest BCUT2D eigenvalue weighted by molar-refractivity contribution is 0.245. The SMILES string of the molecule is O=c1[nH]nc2ccc(OCCC3CCCNC3)nn12. The van der Waals surface area contributed by atoms with Gasteiger partial charge >= 0.3 is 5.69 Å². The molecule has 0 bridgehead atoms. The first kappa shape index (κ1) is 12.2. The van der Waals surface area contributed by atoms with Crippen LogP contribution in [0, 0.1) is 5.92 Å². The van der Waals surface area contributed by atoms with Crippen molar-refractivity contribution in [3.63, 3.8) is 0 Å². The van der Waals surface area contributed by atoms with E-state index >= 15 is 0 Å². The van der Waals surface area contributed by atoms with Gasteiger partial charge in [0.2, 0.25) is 5.88 Å². The van der Waals surface area contributed by atoms with Crippen molar-refractivity contribution in [1.29, 1.82) is 0 Å². The molecular weight excluding hydrogens is 246 g/mol. The lowest BCUT2D eigenvalue weighted by Gasteiger charge is -2.22. The molecule has 0 aliphatic carbocycles. The number of rotatable bonds is 4. The van der Waals surface area contributed by atoms with Gasteiger partial charge in [-0.1, -0.05) is 0 Å². The van der Waals surface area contributed by atoms with E-state index < -0.39 is 0 Å².